The summed E-state index contributed by atoms with van der Waals surface area (Å²) >= 11 is 3.30. The lowest BCUT2D eigenvalue weighted by Gasteiger charge is -2.29. The van der Waals surface area contributed by atoms with Crippen LogP contribution in [-0.4, -0.2) is 48.3 Å². The minimum absolute atomic E-state index is 0.00416. The van der Waals surface area contributed by atoms with Gasteiger partial charge in [0.25, 0.3) is 10.0 Å². The van der Waals surface area contributed by atoms with Crippen LogP contribution in [0, 0.1) is 0 Å². The highest BCUT2D eigenvalue weighted by atomic mass is 79.9. The van der Waals surface area contributed by atoms with Gasteiger partial charge in [0.1, 0.15) is 19.3 Å². The van der Waals surface area contributed by atoms with Crippen molar-refractivity contribution in [1.29, 1.82) is 0 Å². The molecule has 1 aliphatic rings. The van der Waals surface area contributed by atoms with E-state index >= 15 is 0 Å². The van der Waals surface area contributed by atoms with Crippen LogP contribution in [-0.2, 0) is 24.8 Å². The summed E-state index contributed by atoms with van der Waals surface area (Å²) < 4.78 is 65.9. The second-order valence-electron chi connectivity index (χ2n) is 8.19. The van der Waals surface area contributed by atoms with Gasteiger partial charge in [-0.25, -0.2) is 16.8 Å². The summed E-state index contributed by atoms with van der Waals surface area (Å²) in [5, 5.41) is 2.64. The van der Waals surface area contributed by atoms with Crippen LogP contribution >= 0.6 is 15.9 Å². The molecule has 4 rings (SSSR count). The van der Waals surface area contributed by atoms with Crippen LogP contribution in [0.15, 0.2) is 76.1 Å². The van der Waals surface area contributed by atoms with E-state index in [0.29, 0.717) is 36.1 Å². The first-order valence-corrected chi connectivity index (χ1v) is 15.1. The number of carbonyl (C=O) groups excluding carboxylic acids is 1. The lowest BCUT2D eigenvalue weighted by Crippen LogP contribution is -2.45. The zero-order chi connectivity index (χ0) is 26.8. The summed E-state index contributed by atoms with van der Waals surface area (Å²) in [4.78, 5) is 13.0. The molecule has 0 saturated carbocycles. The van der Waals surface area contributed by atoms with Crippen molar-refractivity contribution < 1.29 is 31.1 Å². The van der Waals surface area contributed by atoms with E-state index in [4.69, 9.17) is 9.47 Å². The van der Waals surface area contributed by atoms with Crippen LogP contribution in [0.1, 0.15) is 6.92 Å². The fourth-order valence-electron chi connectivity index (χ4n) is 3.67. The van der Waals surface area contributed by atoms with Crippen molar-refractivity contribution in [1.82, 2.24) is 0 Å². The van der Waals surface area contributed by atoms with Gasteiger partial charge in [0.05, 0.1) is 16.8 Å². The maximum absolute atomic E-state index is 13.0. The molecule has 10 nitrogen and oxygen atoms in total. The highest BCUT2D eigenvalue weighted by Crippen LogP contribution is 2.35. The number of halogens is 1. The number of sulfonamides is 2. The molecule has 1 amide bonds. The fourth-order valence-corrected chi connectivity index (χ4v) is 6.16. The second-order valence-corrected chi connectivity index (χ2v) is 12.6. The molecule has 0 radical (unpaired) electrons. The molecule has 1 heterocycles. The number of amides is 1. The number of hydrogen-bond donors (Lipinski definition) is 2. The average molecular weight is 611 g/mol. The number of fused-ring (bicyclic) bond motifs is 1. The van der Waals surface area contributed by atoms with Crippen LogP contribution in [0.2, 0.25) is 0 Å². The van der Waals surface area contributed by atoms with Crippen LogP contribution in [0.25, 0.3) is 0 Å². The van der Waals surface area contributed by atoms with E-state index in [2.05, 4.69) is 26.0 Å². The molecule has 2 N–H and O–H groups in total. The molecular formula is C24H24BrN3O7S2. The first-order chi connectivity index (χ1) is 17.4. The summed E-state index contributed by atoms with van der Waals surface area (Å²) in [6.07, 6.45) is 1.01. The van der Waals surface area contributed by atoms with Crippen molar-refractivity contribution >= 4 is 58.9 Å². The van der Waals surface area contributed by atoms with E-state index in [1.807, 2.05) is 0 Å². The van der Waals surface area contributed by atoms with Gasteiger partial charge in [-0.05, 0) is 67.6 Å². The van der Waals surface area contributed by atoms with Crippen LogP contribution in [0.4, 0.5) is 17.1 Å². The van der Waals surface area contributed by atoms with Crippen molar-refractivity contribution in [3.8, 4) is 11.5 Å². The monoisotopic (exact) mass is 609 g/mol. The molecular weight excluding hydrogens is 586 g/mol. The van der Waals surface area contributed by atoms with Crippen LogP contribution in [0.5, 0.6) is 11.5 Å². The fraction of sp³-hybridized carbons (Fsp3) is 0.208. The van der Waals surface area contributed by atoms with Crippen LogP contribution in [0.3, 0.4) is 0 Å². The van der Waals surface area contributed by atoms with Gasteiger partial charge in [0.15, 0.2) is 11.5 Å². The number of benzene rings is 3. The third-order valence-electron chi connectivity index (χ3n) is 5.40. The van der Waals surface area contributed by atoms with Gasteiger partial charge in [0.2, 0.25) is 15.9 Å². The minimum Gasteiger partial charge on any atom is -0.486 e. The normalized spacial score (nSPS) is 13.9. The molecule has 0 aromatic heterocycles. The van der Waals surface area contributed by atoms with Crippen molar-refractivity contribution in [2.75, 3.05) is 33.8 Å². The summed E-state index contributed by atoms with van der Waals surface area (Å²) in [6, 6.07) is 15.7. The number of nitrogens with one attached hydrogen (secondary N) is 2. The molecule has 196 valence electrons. The van der Waals surface area contributed by atoms with E-state index in [1.54, 1.807) is 30.3 Å². The third kappa shape index (κ3) is 6.35. The number of carbonyl (C=O) groups is 1. The third-order valence-corrected chi connectivity index (χ3v) is 8.56. The first-order valence-electron chi connectivity index (χ1n) is 11.0. The smallest absolute Gasteiger partial charge is 0.261 e. The molecule has 3 aromatic rings. The van der Waals surface area contributed by atoms with E-state index in [-0.39, 0.29) is 10.6 Å². The molecule has 0 saturated heterocycles. The SMILES string of the molecule is C[C@@H](C(=O)Nc1ccc(S(=O)(=O)Nc2ccc(Br)cc2)cc1)N(c1ccc2c(c1)OCCO2)S(C)(=O)=O. The Morgan fingerprint density at radius 2 is 1.49 bits per heavy atom. The topological polar surface area (TPSA) is 131 Å². The maximum Gasteiger partial charge on any atom is 0.261 e. The molecule has 0 bridgehead atoms. The molecule has 0 spiro atoms. The quantitative estimate of drug-likeness (QED) is 0.397. The molecule has 13 heteroatoms. The predicted octanol–water partition coefficient (Wildman–Crippen LogP) is 3.81. The average Bonchev–Trinajstić information content (AvgIpc) is 2.85. The van der Waals surface area contributed by atoms with Crippen LogP contribution < -0.4 is 23.8 Å². The maximum atomic E-state index is 13.0. The Labute approximate surface area is 223 Å². The Balaban J connectivity index is 1.49. The standard InChI is InChI=1S/C24H24BrN3O7S2/c1-16(28(36(2,30)31)20-9-12-22-23(15-20)35-14-13-34-22)24(29)26-18-7-10-21(11-8-18)37(32,33)27-19-5-3-17(25)4-6-19/h3-12,15-16,27H,13-14H2,1-2H3,(H,26,29)/t16-/m0/s1. The van der Waals surface area contributed by atoms with Crippen molar-refractivity contribution in [2.24, 2.45) is 0 Å². The zero-order valence-corrected chi connectivity index (χ0v) is 23.1. The Kier molecular flexibility index (Phi) is 7.67. The predicted molar refractivity (Wildman–Crippen MR) is 144 cm³/mol. The van der Waals surface area contributed by atoms with Crippen molar-refractivity contribution in [3.05, 3.63) is 71.2 Å². The van der Waals surface area contributed by atoms with Crippen molar-refractivity contribution in [3.63, 3.8) is 0 Å². The summed E-state index contributed by atoms with van der Waals surface area (Å²) in [5.74, 6) is 0.271. The molecule has 37 heavy (non-hydrogen) atoms. The lowest BCUT2D eigenvalue weighted by atomic mass is 10.2. The zero-order valence-electron chi connectivity index (χ0n) is 19.8. The number of hydrogen-bond acceptors (Lipinski definition) is 7. The number of anilines is 3. The van der Waals surface area contributed by atoms with Gasteiger partial charge >= 0.3 is 0 Å². The van der Waals surface area contributed by atoms with E-state index < -0.39 is 32.0 Å². The minimum atomic E-state index is -3.85. The largest absolute Gasteiger partial charge is 0.486 e. The van der Waals surface area contributed by atoms with E-state index in [1.165, 1.54) is 43.3 Å². The summed E-state index contributed by atoms with van der Waals surface area (Å²) in [5.41, 5.74) is 0.944. The second kappa shape index (κ2) is 10.6. The van der Waals surface area contributed by atoms with Gasteiger partial charge < -0.3 is 14.8 Å². The van der Waals surface area contributed by atoms with Gasteiger partial charge in [-0.1, -0.05) is 15.9 Å². The molecule has 1 atom stereocenters. The molecule has 0 unspecified atom stereocenters. The highest BCUT2D eigenvalue weighted by Gasteiger charge is 2.30. The van der Waals surface area contributed by atoms with E-state index in [9.17, 15) is 21.6 Å². The van der Waals surface area contributed by atoms with Gasteiger partial charge in [0, 0.05) is 21.9 Å². The van der Waals surface area contributed by atoms with E-state index in [0.717, 1.165) is 15.0 Å². The summed E-state index contributed by atoms with van der Waals surface area (Å²) in [7, 11) is -7.71. The number of ether oxygens (including phenoxy) is 2. The summed E-state index contributed by atoms with van der Waals surface area (Å²) in [6.45, 7) is 2.17. The number of nitrogens with zero attached hydrogens (tertiary/aromatic N) is 1. The Morgan fingerprint density at radius 1 is 0.892 bits per heavy atom. The molecule has 0 fully saturated rings. The highest BCUT2D eigenvalue weighted by molar-refractivity contribution is 9.10. The first kappa shape index (κ1) is 26.8. The molecule has 3 aromatic carbocycles. The molecule has 0 aliphatic carbocycles. The van der Waals surface area contributed by atoms with Crippen molar-refractivity contribution in [2.45, 2.75) is 17.9 Å². The van der Waals surface area contributed by atoms with Gasteiger partial charge in [-0.3, -0.25) is 13.8 Å². The Bertz CT molecular complexity index is 1510. The van der Waals surface area contributed by atoms with Gasteiger partial charge in [-0.2, -0.15) is 0 Å². The lowest BCUT2D eigenvalue weighted by molar-refractivity contribution is -0.116. The van der Waals surface area contributed by atoms with Gasteiger partial charge in [-0.15, -0.1) is 0 Å². The Hall–Kier alpha value is -3.29. The number of rotatable bonds is 8. The Morgan fingerprint density at radius 3 is 2.11 bits per heavy atom. The molecule has 1 aliphatic heterocycles.